The number of hydrogen-bond donors (Lipinski definition) is 1. The smallest absolute Gasteiger partial charge is 0.349 e. The summed E-state index contributed by atoms with van der Waals surface area (Å²) in [5, 5.41) is 9.09. The number of ether oxygens (including phenoxy) is 1. The molecule has 1 heterocycles. The van der Waals surface area contributed by atoms with Gasteiger partial charge in [-0.15, -0.1) is 0 Å². The van der Waals surface area contributed by atoms with E-state index < -0.39 is 35.5 Å². The van der Waals surface area contributed by atoms with E-state index in [4.69, 9.17) is 9.84 Å². The lowest BCUT2D eigenvalue weighted by atomic mass is 10.1. The topological polar surface area (TPSA) is 66.8 Å². The highest BCUT2D eigenvalue weighted by Crippen LogP contribution is 2.33. The van der Waals surface area contributed by atoms with Crippen molar-refractivity contribution in [3.05, 3.63) is 35.9 Å². The van der Waals surface area contributed by atoms with E-state index in [-0.39, 0.29) is 13.0 Å². The largest absolute Gasteiger partial charge is 0.480 e. The van der Waals surface area contributed by atoms with Crippen molar-refractivity contribution in [2.45, 2.75) is 24.5 Å². The lowest BCUT2D eigenvalue weighted by molar-refractivity contribution is -0.165. The lowest BCUT2D eigenvalue weighted by Crippen LogP contribution is -2.47. The number of nitrogens with zero attached hydrogens (tertiary/aromatic N) is 1. The van der Waals surface area contributed by atoms with Gasteiger partial charge in [0.2, 0.25) is 0 Å². The predicted octanol–water partition coefficient (Wildman–Crippen LogP) is 1.48. The van der Waals surface area contributed by atoms with Crippen LogP contribution in [0.1, 0.15) is 12.0 Å². The summed E-state index contributed by atoms with van der Waals surface area (Å²) in [5.41, 5.74) is -0.458. The monoisotopic (exact) mass is 299 g/mol. The molecule has 1 fully saturated rings. The lowest BCUT2D eigenvalue weighted by Gasteiger charge is -2.26. The average molecular weight is 299 g/mol. The van der Waals surface area contributed by atoms with Crippen LogP contribution < -0.4 is 0 Å². The summed E-state index contributed by atoms with van der Waals surface area (Å²) >= 11 is 0. The van der Waals surface area contributed by atoms with E-state index in [9.17, 15) is 18.4 Å². The summed E-state index contributed by atoms with van der Waals surface area (Å²) in [4.78, 5) is 23.9. The van der Waals surface area contributed by atoms with Gasteiger partial charge in [0, 0.05) is 25.6 Å². The second-order valence-corrected chi connectivity index (χ2v) is 4.85. The molecule has 1 N–H and O–H groups in total. The Kier molecular flexibility index (Phi) is 4.22. The second kappa shape index (κ2) is 5.77. The van der Waals surface area contributed by atoms with Crippen LogP contribution in [0.3, 0.4) is 0 Å². The Bertz CT molecular complexity index is 535. The Hall–Kier alpha value is -2.02. The molecule has 2 rings (SSSR count). The molecule has 1 aliphatic rings. The number of aliphatic carboxylic acids is 1. The molecule has 2 atom stereocenters. The minimum atomic E-state index is -3.77. The van der Waals surface area contributed by atoms with Crippen molar-refractivity contribution in [3.63, 3.8) is 0 Å². The highest BCUT2D eigenvalue weighted by Gasteiger charge is 2.50. The summed E-state index contributed by atoms with van der Waals surface area (Å²) in [6, 6.07) is 5.33. The molecule has 1 saturated heterocycles. The third kappa shape index (κ3) is 2.87. The van der Waals surface area contributed by atoms with Crippen LogP contribution in [-0.2, 0) is 20.2 Å². The van der Waals surface area contributed by atoms with Gasteiger partial charge in [-0.3, -0.25) is 4.79 Å². The Morgan fingerprint density at radius 2 is 1.95 bits per heavy atom. The predicted molar refractivity (Wildman–Crippen MR) is 68.9 cm³/mol. The van der Waals surface area contributed by atoms with Crippen molar-refractivity contribution in [2.75, 3.05) is 13.7 Å². The van der Waals surface area contributed by atoms with E-state index in [1.807, 2.05) is 0 Å². The van der Waals surface area contributed by atoms with Gasteiger partial charge in [-0.05, 0) is 0 Å². The highest BCUT2D eigenvalue weighted by atomic mass is 19.3. The fourth-order valence-corrected chi connectivity index (χ4v) is 2.38. The normalized spacial score (nSPS) is 22.3. The number of carboxylic acids is 1. The summed E-state index contributed by atoms with van der Waals surface area (Å²) in [5.74, 6) is -6.59. The number of carbonyl (C=O) groups excluding carboxylic acids is 1. The molecule has 1 amide bonds. The summed E-state index contributed by atoms with van der Waals surface area (Å²) in [6.45, 7) is -0.158. The number of carbonyl (C=O) groups is 2. The fraction of sp³-hybridized carbons (Fsp3) is 0.429. The number of amides is 1. The molecule has 7 heteroatoms. The first kappa shape index (κ1) is 15.4. The van der Waals surface area contributed by atoms with Gasteiger partial charge in [-0.25, -0.2) is 4.79 Å². The molecule has 1 aromatic rings. The number of halogens is 2. The maximum Gasteiger partial charge on any atom is 0.349 e. The number of rotatable bonds is 4. The first-order valence-corrected chi connectivity index (χ1v) is 6.38. The Morgan fingerprint density at radius 1 is 1.33 bits per heavy atom. The van der Waals surface area contributed by atoms with Gasteiger partial charge < -0.3 is 14.7 Å². The molecular formula is C14H15F2NO4. The van der Waals surface area contributed by atoms with Gasteiger partial charge in [-0.2, -0.15) is 8.78 Å². The van der Waals surface area contributed by atoms with E-state index in [0.29, 0.717) is 4.90 Å². The summed E-state index contributed by atoms with van der Waals surface area (Å²) < 4.78 is 33.5. The van der Waals surface area contributed by atoms with Crippen LogP contribution in [0.2, 0.25) is 0 Å². The standard InChI is InChI=1S/C14H15F2NO4/c1-21-10-7-11(12(18)19)17(8-10)13(20)14(15,16)9-5-3-2-4-6-9/h2-6,10-11H,7-8H2,1H3,(H,18,19). The molecule has 1 aliphatic heterocycles. The fourth-order valence-electron chi connectivity index (χ4n) is 2.38. The molecular weight excluding hydrogens is 284 g/mol. The van der Waals surface area contributed by atoms with Crippen LogP contribution in [0.4, 0.5) is 8.78 Å². The van der Waals surface area contributed by atoms with Crippen molar-refractivity contribution in [2.24, 2.45) is 0 Å². The third-order valence-electron chi connectivity index (χ3n) is 3.55. The highest BCUT2D eigenvalue weighted by molar-refractivity contribution is 5.89. The Balaban J connectivity index is 2.27. The molecule has 0 saturated carbocycles. The first-order valence-electron chi connectivity index (χ1n) is 6.38. The average Bonchev–Trinajstić information content (AvgIpc) is 2.91. The first-order chi connectivity index (χ1) is 9.87. The van der Waals surface area contributed by atoms with E-state index in [1.54, 1.807) is 6.07 Å². The number of benzene rings is 1. The van der Waals surface area contributed by atoms with Crippen LogP contribution in [0.5, 0.6) is 0 Å². The number of carboxylic acid groups (broad SMARTS) is 1. The molecule has 0 spiro atoms. The van der Waals surface area contributed by atoms with Crippen molar-refractivity contribution in [1.82, 2.24) is 4.90 Å². The van der Waals surface area contributed by atoms with Crippen molar-refractivity contribution in [3.8, 4) is 0 Å². The number of hydrogen-bond acceptors (Lipinski definition) is 3. The van der Waals surface area contributed by atoms with E-state index in [2.05, 4.69) is 0 Å². The minimum absolute atomic E-state index is 0.00242. The number of methoxy groups -OCH3 is 1. The molecule has 1 aromatic carbocycles. The number of likely N-dealkylation sites (tertiary alicyclic amines) is 1. The second-order valence-electron chi connectivity index (χ2n) is 4.85. The van der Waals surface area contributed by atoms with Crippen LogP contribution in [0.15, 0.2) is 30.3 Å². The maximum absolute atomic E-state index is 14.2. The number of alkyl halides is 2. The molecule has 0 radical (unpaired) electrons. The quantitative estimate of drug-likeness (QED) is 0.914. The van der Waals surface area contributed by atoms with Gasteiger partial charge in [0.1, 0.15) is 6.04 Å². The molecule has 2 unspecified atom stereocenters. The molecule has 21 heavy (non-hydrogen) atoms. The third-order valence-corrected chi connectivity index (χ3v) is 3.55. The van der Waals surface area contributed by atoms with Crippen molar-refractivity contribution in [1.29, 1.82) is 0 Å². The molecule has 0 bridgehead atoms. The zero-order valence-corrected chi connectivity index (χ0v) is 11.3. The van der Waals surface area contributed by atoms with Crippen LogP contribution in [-0.4, -0.2) is 47.7 Å². The molecule has 0 aliphatic carbocycles. The SMILES string of the molecule is COC1CC(C(=O)O)N(C(=O)C(F)(F)c2ccccc2)C1. The Labute approximate surface area is 120 Å². The van der Waals surface area contributed by atoms with Gasteiger partial charge >= 0.3 is 11.9 Å². The summed E-state index contributed by atoms with van der Waals surface area (Å²) in [7, 11) is 1.35. The van der Waals surface area contributed by atoms with E-state index in [1.165, 1.54) is 19.2 Å². The molecule has 5 nitrogen and oxygen atoms in total. The Morgan fingerprint density at radius 3 is 2.48 bits per heavy atom. The maximum atomic E-state index is 14.2. The van der Waals surface area contributed by atoms with Crippen molar-refractivity contribution < 1.29 is 28.2 Å². The molecule has 114 valence electrons. The summed E-state index contributed by atoms with van der Waals surface area (Å²) in [6.07, 6.45) is -0.552. The van der Waals surface area contributed by atoms with Crippen LogP contribution >= 0.6 is 0 Å². The zero-order valence-electron chi connectivity index (χ0n) is 11.3. The van der Waals surface area contributed by atoms with Crippen LogP contribution in [0.25, 0.3) is 0 Å². The van der Waals surface area contributed by atoms with Gasteiger partial charge in [0.15, 0.2) is 0 Å². The minimum Gasteiger partial charge on any atom is -0.480 e. The van der Waals surface area contributed by atoms with Crippen molar-refractivity contribution >= 4 is 11.9 Å². The van der Waals surface area contributed by atoms with E-state index in [0.717, 1.165) is 12.1 Å². The van der Waals surface area contributed by atoms with Gasteiger partial charge in [-0.1, -0.05) is 30.3 Å². The van der Waals surface area contributed by atoms with E-state index >= 15 is 0 Å². The molecule has 0 aromatic heterocycles. The zero-order chi connectivity index (χ0) is 15.6. The van der Waals surface area contributed by atoms with Gasteiger partial charge in [0.05, 0.1) is 6.10 Å². The van der Waals surface area contributed by atoms with Crippen LogP contribution in [0, 0.1) is 0 Å². The van der Waals surface area contributed by atoms with Gasteiger partial charge in [0.25, 0.3) is 5.91 Å².